The molecule has 84 valence electrons. The van der Waals surface area contributed by atoms with Gasteiger partial charge in [-0.3, -0.25) is 4.72 Å². The third-order valence-electron chi connectivity index (χ3n) is 1.80. The molecule has 0 saturated carbocycles. The number of hydrogen-bond donors (Lipinski definition) is 1. The van der Waals surface area contributed by atoms with Gasteiger partial charge in [0.2, 0.25) is 10.0 Å². The summed E-state index contributed by atoms with van der Waals surface area (Å²) in [6.07, 6.45) is 0. The molecular formula is C9H11ClINO2S. The average Bonchev–Trinajstić information content (AvgIpc) is 2.09. The summed E-state index contributed by atoms with van der Waals surface area (Å²) in [6, 6.07) is 5.52. The van der Waals surface area contributed by atoms with Crippen LogP contribution in [-0.4, -0.2) is 20.1 Å². The van der Waals surface area contributed by atoms with E-state index in [1.54, 1.807) is 6.07 Å². The van der Waals surface area contributed by atoms with Gasteiger partial charge in [-0.25, -0.2) is 8.42 Å². The summed E-state index contributed by atoms with van der Waals surface area (Å²) in [4.78, 5) is 0. The van der Waals surface area contributed by atoms with Crippen LogP contribution in [0.4, 0.5) is 5.69 Å². The zero-order valence-electron chi connectivity index (χ0n) is 8.13. The Balaban J connectivity index is 2.90. The molecule has 0 fully saturated rings. The minimum absolute atomic E-state index is 0.0695. The zero-order valence-corrected chi connectivity index (χ0v) is 11.9. The Morgan fingerprint density at radius 2 is 2.13 bits per heavy atom. The van der Waals surface area contributed by atoms with Crippen LogP contribution in [0.1, 0.15) is 5.56 Å². The first-order chi connectivity index (χ1) is 6.94. The highest BCUT2D eigenvalue weighted by Crippen LogP contribution is 2.18. The number of rotatable bonds is 4. The van der Waals surface area contributed by atoms with Crippen LogP contribution in [0.5, 0.6) is 0 Å². The molecule has 0 saturated heterocycles. The number of hydrogen-bond acceptors (Lipinski definition) is 2. The smallest absolute Gasteiger partial charge is 0.233 e. The van der Waals surface area contributed by atoms with Crippen molar-refractivity contribution in [3.05, 3.63) is 27.3 Å². The largest absolute Gasteiger partial charge is 0.283 e. The van der Waals surface area contributed by atoms with Gasteiger partial charge in [0.25, 0.3) is 0 Å². The topological polar surface area (TPSA) is 46.2 Å². The fourth-order valence-corrected chi connectivity index (χ4v) is 3.19. The second-order valence-electron chi connectivity index (χ2n) is 3.07. The van der Waals surface area contributed by atoms with Gasteiger partial charge in [-0.2, -0.15) is 0 Å². The highest BCUT2D eigenvalue weighted by atomic mass is 127. The van der Waals surface area contributed by atoms with Crippen LogP contribution in [0.15, 0.2) is 18.2 Å². The first-order valence-electron chi connectivity index (χ1n) is 4.27. The van der Waals surface area contributed by atoms with Gasteiger partial charge >= 0.3 is 0 Å². The molecule has 3 nitrogen and oxygen atoms in total. The molecule has 1 aromatic carbocycles. The van der Waals surface area contributed by atoms with Crippen molar-refractivity contribution in [1.82, 2.24) is 0 Å². The molecule has 0 aromatic heterocycles. The van der Waals surface area contributed by atoms with Gasteiger partial charge in [-0.05, 0) is 53.3 Å². The maximum Gasteiger partial charge on any atom is 0.233 e. The Kier molecular flexibility index (Phi) is 4.66. The van der Waals surface area contributed by atoms with Crippen molar-refractivity contribution in [1.29, 1.82) is 0 Å². The van der Waals surface area contributed by atoms with Crippen molar-refractivity contribution in [3.8, 4) is 0 Å². The zero-order chi connectivity index (χ0) is 11.5. The molecular weight excluding hydrogens is 349 g/mol. The van der Waals surface area contributed by atoms with E-state index >= 15 is 0 Å². The molecule has 0 bridgehead atoms. The van der Waals surface area contributed by atoms with Crippen LogP contribution in [0.2, 0.25) is 0 Å². The molecule has 15 heavy (non-hydrogen) atoms. The molecule has 6 heteroatoms. The van der Waals surface area contributed by atoms with E-state index in [0.29, 0.717) is 5.69 Å². The predicted molar refractivity (Wildman–Crippen MR) is 72.0 cm³/mol. The van der Waals surface area contributed by atoms with E-state index in [4.69, 9.17) is 11.6 Å². The molecule has 0 unspecified atom stereocenters. The molecule has 0 amide bonds. The van der Waals surface area contributed by atoms with Crippen LogP contribution < -0.4 is 4.72 Å². The Morgan fingerprint density at radius 3 is 2.67 bits per heavy atom. The van der Waals surface area contributed by atoms with E-state index in [9.17, 15) is 8.42 Å². The van der Waals surface area contributed by atoms with E-state index in [1.807, 2.05) is 19.1 Å². The van der Waals surface area contributed by atoms with Crippen molar-refractivity contribution in [2.45, 2.75) is 6.92 Å². The summed E-state index contributed by atoms with van der Waals surface area (Å²) in [7, 11) is -3.30. The molecule has 0 aliphatic heterocycles. The number of nitrogens with one attached hydrogen (secondary N) is 1. The molecule has 1 rings (SSSR count). The third-order valence-corrected chi connectivity index (χ3v) is 4.16. The number of anilines is 1. The van der Waals surface area contributed by atoms with E-state index < -0.39 is 10.0 Å². The van der Waals surface area contributed by atoms with Crippen molar-refractivity contribution >= 4 is 49.9 Å². The lowest BCUT2D eigenvalue weighted by Gasteiger charge is -2.09. The molecule has 0 atom stereocenters. The van der Waals surface area contributed by atoms with Crippen molar-refractivity contribution in [2.75, 3.05) is 16.4 Å². The van der Waals surface area contributed by atoms with Crippen LogP contribution in [0, 0.1) is 10.5 Å². The number of benzene rings is 1. The van der Waals surface area contributed by atoms with E-state index in [-0.39, 0.29) is 11.6 Å². The van der Waals surface area contributed by atoms with Crippen molar-refractivity contribution < 1.29 is 8.42 Å². The second kappa shape index (κ2) is 5.36. The lowest BCUT2D eigenvalue weighted by atomic mass is 10.2. The van der Waals surface area contributed by atoms with Crippen LogP contribution >= 0.6 is 34.2 Å². The first kappa shape index (κ1) is 13.1. The maximum atomic E-state index is 11.4. The van der Waals surface area contributed by atoms with Crippen molar-refractivity contribution in [2.24, 2.45) is 0 Å². The number of sulfonamides is 1. The van der Waals surface area contributed by atoms with Gasteiger partial charge in [0, 0.05) is 9.45 Å². The monoisotopic (exact) mass is 359 g/mol. The van der Waals surface area contributed by atoms with Crippen LogP contribution in [0.3, 0.4) is 0 Å². The molecule has 0 aliphatic rings. The van der Waals surface area contributed by atoms with E-state index in [1.165, 1.54) is 0 Å². The number of halogens is 2. The number of alkyl halides is 1. The van der Waals surface area contributed by atoms with Crippen LogP contribution in [-0.2, 0) is 10.0 Å². The summed E-state index contributed by atoms with van der Waals surface area (Å²) in [6.45, 7) is 1.86. The fraction of sp³-hybridized carbons (Fsp3) is 0.333. The molecule has 0 heterocycles. The van der Waals surface area contributed by atoms with E-state index in [0.717, 1.165) is 9.13 Å². The minimum Gasteiger partial charge on any atom is -0.283 e. The maximum absolute atomic E-state index is 11.4. The van der Waals surface area contributed by atoms with Gasteiger partial charge in [-0.15, -0.1) is 11.6 Å². The summed E-state index contributed by atoms with van der Waals surface area (Å²) in [5.41, 5.74) is 1.51. The normalized spacial score (nSPS) is 11.4. The lowest BCUT2D eigenvalue weighted by Crippen LogP contribution is -2.18. The Bertz CT molecular complexity index is 447. The minimum atomic E-state index is -3.30. The summed E-state index contributed by atoms with van der Waals surface area (Å²) in [5.74, 6) is 0.0265. The Hall–Kier alpha value is -0.0100. The van der Waals surface area contributed by atoms with Gasteiger partial charge in [0.15, 0.2) is 0 Å². The van der Waals surface area contributed by atoms with Crippen molar-refractivity contribution in [3.63, 3.8) is 0 Å². The fourth-order valence-electron chi connectivity index (χ4n) is 1.06. The summed E-state index contributed by atoms with van der Waals surface area (Å²) in [5, 5.41) is 0. The highest BCUT2D eigenvalue weighted by Gasteiger charge is 2.10. The highest BCUT2D eigenvalue weighted by molar-refractivity contribution is 14.1. The van der Waals surface area contributed by atoms with Gasteiger partial charge in [0.05, 0.1) is 11.4 Å². The lowest BCUT2D eigenvalue weighted by molar-refractivity contribution is 0.602. The molecule has 0 radical (unpaired) electrons. The van der Waals surface area contributed by atoms with Gasteiger partial charge in [0.1, 0.15) is 0 Å². The predicted octanol–water partition coefficient (Wildman–Crippen LogP) is 2.58. The summed E-state index contributed by atoms with van der Waals surface area (Å²) < 4.78 is 26.5. The standard InChI is InChI=1S/C9H11ClINO2S/c1-7-6-8(11)2-3-9(7)12-15(13,14)5-4-10/h2-3,6,12H,4-5H2,1H3. The SMILES string of the molecule is Cc1cc(I)ccc1NS(=O)(=O)CCCl. The Labute approximate surface area is 108 Å². The first-order valence-corrected chi connectivity index (χ1v) is 7.54. The van der Waals surface area contributed by atoms with E-state index in [2.05, 4.69) is 27.3 Å². The Morgan fingerprint density at radius 1 is 1.47 bits per heavy atom. The summed E-state index contributed by atoms with van der Waals surface area (Å²) >= 11 is 7.57. The van der Waals surface area contributed by atoms with Gasteiger partial charge < -0.3 is 0 Å². The quantitative estimate of drug-likeness (QED) is 0.663. The average molecular weight is 360 g/mol. The molecule has 0 spiro atoms. The molecule has 1 N–H and O–H groups in total. The molecule has 1 aromatic rings. The van der Waals surface area contributed by atoms with Crippen LogP contribution in [0.25, 0.3) is 0 Å². The molecule has 0 aliphatic carbocycles. The third kappa shape index (κ3) is 4.16. The second-order valence-corrected chi connectivity index (χ2v) is 6.53. The number of aryl methyl sites for hydroxylation is 1. The van der Waals surface area contributed by atoms with Gasteiger partial charge in [-0.1, -0.05) is 0 Å².